The molecule has 0 saturated carbocycles. The highest BCUT2D eigenvalue weighted by molar-refractivity contribution is 6.32. The summed E-state index contributed by atoms with van der Waals surface area (Å²) in [5.41, 5.74) is 4.77. The van der Waals surface area contributed by atoms with E-state index >= 15 is 0 Å². The zero-order valence-electron chi connectivity index (χ0n) is 19.5. The molecule has 36 heavy (non-hydrogen) atoms. The second-order valence-corrected chi connectivity index (χ2v) is 8.98. The molecule has 0 aromatic heterocycles. The normalized spacial score (nSPS) is 12.1. The van der Waals surface area contributed by atoms with E-state index in [4.69, 9.17) is 27.9 Å². The lowest BCUT2D eigenvalue weighted by atomic mass is 10.0. The number of aromatic hydroxyl groups is 1. The predicted octanol–water partition coefficient (Wildman–Crippen LogP) is 6.84. The van der Waals surface area contributed by atoms with E-state index in [0.29, 0.717) is 18.7 Å². The van der Waals surface area contributed by atoms with Crippen molar-refractivity contribution < 1.29 is 17.5 Å². The Bertz CT molecular complexity index is 1400. The Morgan fingerprint density at radius 2 is 1.81 bits per heavy atom. The van der Waals surface area contributed by atoms with Crippen molar-refractivity contribution in [3.05, 3.63) is 106 Å². The molecule has 0 aliphatic rings. The molecule has 1 atom stereocenters. The van der Waals surface area contributed by atoms with Gasteiger partial charge in [0.2, 0.25) is 0 Å². The van der Waals surface area contributed by atoms with Crippen LogP contribution in [0.5, 0.6) is 11.5 Å². The van der Waals surface area contributed by atoms with Gasteiger partial charge in [0, 0.05) is 37.0 Å². The molecular formula is C28H29Cl2N3O3. The number of halogens is 2. The van der Waals surface area contributed by atoms with Crippen LogP contribution in [0.15, 0.2) is 84.0 Å². The molecule has 4 rings (SSSR count). The van der Waals surface area contributed by atoms with Crippen molar-refractivity contribution in [1.82, 2.24) is 10.7 Å². The first-order valence-corrected chi connectivity index (χ1v) is 12.1. The lowest BCUT2D eigenvalue weighted by Gasteiger charge is -2.16. The average Bonchev–Trinajstić information content (AvgIpc) is 2.89. The number of carbonyl (C=O) groups excluding carboxylic acids is 1. The molecule has 0 saturated heterocycles. The Kier molecular flexibility index (Phi) is 8.44. The van der Waals surface area contributed by atoms with Gasteiger partial charge in [-0.15, -0.1) is 0 Å². The van der Waals surface area contributed by atoms with Gasteiger partial charge in [0.1, 0.15) is 18.1 Å². The standard InChI is InChI=1S/C28H25Cl2N3O3.2H2/c1-18(19-6-10-22(29)11-7-19)31-14-15-36-27-13-9-21(23-4-2-3-5-24(23)27)17-32-33-28(35)20-8-12-26(34)25(30)16-20;;/h2-13,16-18,31,34H,14-15H2,1H3,(H,33,35);2*1H/b32-17+;;. The minimum Gasteiger partial charge on any atom is -0.506 e. The van der Waals surface area contributed by atoms with Gasteiger partial charge in [0.15, 0.2) is 0 Å². The van der Waals surface area contributed by atoms with Crippen LogP contribution in [0.2, 0.25) is 10.0 Å². The Labute approximate surface area is 222 Å². The van der Waals surface area contributed by atoms with Crippen LogP contribution >= 0.6 is 23.2 Å². The number of ether oxygens (including phenoxy) is 1. The average molecular weight is 526 g/mol. The molecule has 0 heterocycles. The summed E-state index contributed by atoms with van der Waals surface area (Å²) in [6.45, 7) is 3.27. The second kappa shape index (κ2) is 11.9. The smallest absolute Gasteiger partial charge is 0.271 e. The van der Waals surface area contributed by atoms with Crippen molar-refractivity contribution in [1.29, 1.82) is 0 Å². The van der Waals surface area contributed by atoms with Crippen LogP contribution in [-0.2, 0) is 0 Å². The number of hydrogen-bond donors (Lipinski definition) is 3. The quantitative estimate of drug-likeness (QED) is 0.127. The molecule has 1 unspecified atom stereocenters. The van der Waals surface area contributed by atoms with Crippen molar-refractivity contribution in [3.8, 4) is 11.5 Å². The van der Waals surface area contributed by atoms with Crippen molar-refractivity contribution in [2.45, 2.75) is 13.0 Å². The minimum atomic E-state index is -0.433. The van der Waals surface area contributed by atoms with Crippen LogP contribution in [-0.4, -0.2) is 30.4 Å². The van der Waals surface area contributed by atoms with E-state index < -0.39 is 5.91 Å². The number of benzene rings is 4. The Hall–Kier alpha value is -3.58. The zero-order chi connectivity index (χ0) is 25.5. The van der Waals surface area contributed by atoms with Crippen LogP contribution in [0.1, 0.15) is 37.3 Å². The van der Waals surface area contributed by atoms with Crippen LogP contribution in [0.3, 0.4) is 0 Å². The lowest BCUT2D eigenvalue weighted by Crippen LogP contribution is -2.24. The number of hydrazone groups is 1. The van der Waals surface area contributed by atoms with Gasteiger partial charge in [-0.1, -0.05) is 59.6 Å². The highest BCUT2D eigenvalue weighted by Gasteiger charge is 2.09. The van der Waals surface area contributed by atoms with Crippen molar-refractivity contribution >= 4 is 46.1 Å². The summed E-state index contributed by atoms with van der Waals surface area (Å²) in [6, 6.07) is 23.8. The van der Waals surface area contributed by atoms with Gasteiger partial charge in [-0.2, -0.15) is 5.10 Å². The molecule has 0 fully saturated rings. The first-order valence-electron chi connectivity index (χ1n) is 11.4. The number of nitrogens with zero attached hydrogens (tertiary/aromatic N) is 1. The molecule has 4 aromatic carbocycles. The van der Waals surface area contributed by atoms with E-state index in [1.54, 1.807) is 6.21 Å². The molecule has 1 amide bonds. The topological polar surface area (TPSA) is 83.0 Å². The SMILES string of the molecule is CC(NCCOc1ccc(/C=N/NC(=O)c2ccc(O)c(Cl)c2)c2ccccc12)c1ccc(Cl)cc1.[HH].[HH]. The molecule has 188 valence electrons. The first-order chi connectivity index (χ1) is 17.4. The summed E-state index contributed by atoms with van der Waals surface area (Å²) in [5.74, 6) is 0.251. The second-order valence-electron chi connectivity index (χ2n) is 8.14. The van der Waals surface area contributed by atoms with E-state index in [1.165, 1.54) is 18.2 Å². The highest BCUT2D eigenvalue weighted by atomic mass is 35.5. The zero-order valence-corrected chi connectivity index (χ0v) is 21.1. The summed E-state index contributed by atoms with van der Waals surface area (Å²) >= 11 is 11.8. The largest absolute Gasteiger partial charge is 0.506 e. The molecule has 0 bridgehead atoms. The maximum atomic E-state index is 12.3. The van der Waals surface area contributed by atoms with E-state index in [9.17, 15) is 9.90 Å². The third-order valence-corrected chi connectivity index (χ3v) is 6.23. The number of rotatable bonds is 9. The molecule has 0 aliphatic heterocycles. The van der Waals surface area contributed by atoms with E-state index in [0.717, 1.165) is 32.7 Å². The minimum absolute atomic E-state index is 0. The summed E-state index contributed by atoms with van der Waals surface area (Å²) < 4.78 is 6.07. The fourth-order valence-electron chi connectivity index (χ4n) is 3.71. The summed E-state index contributed by atoms with van der Waals surface area (Å²) in [4.78, 5) is 12.3. The van der Waals surface area contributed by atoms with Gasteiger partial charge in [0.25, 0.3) is 5.91 Å². The predicted molar refractivity (Wildman–Crippen MR) is 150 cm³/mol. The number of fused-ring (bicyclic) bond motifs is 1. The third kappa shape index (κ3) is 6.34. The molecule has 4 aromatic rings. The number of carbonyl (C=O) groups is 1. The lowest BCUT2D eigenvalue weighted by molar-refractivity contribution is 0.0955. The number of amides is 1. The van der Waals surface area contributed by atoms with Gasteiger partial charge in [-0.3, -0.25) is 4.79 Å². The van der Waals surface area contributed by atoms with E-state index in [-0.39, 0.29) is 19.7 Å². The van der Waals surface area contributed by atoms with Crippen LogP contribution in [0.25, 0.3) is 10.8 Å². The number of phenolic OH excluding ortho intramolecular Hbond substituents is 1. The molecule has 0 aliphatic carbocycles. The molecular weight excluding hydrogens is 497 g/mol. The van der Waals surface area contributed by atoms with E-state index in [2.05, 4.69) is 22.8 Å². The third-order valence-electron chi connectivity index (χ3n) is 5.68. The summed E-state index contributed by atoms with van der Waals surface area (Å²) in [7, 11) is 0. The number of nitrogens with one attached hydrogen (secondary N) is 2. The van der Waals surface area contributed by atoms with Gasteiger partial charge in [-0.05, 0) is 60.3 Å². The Morgan fingerprint density at radius 3 is 2.56 bits per heavy atom. The maximum absolute atomic E-state index is 12.3. The fourth-order valence-corrected chi connectivity index (χ4v) is 4.02. The van der Waals surface area contributed by atoms with Gasteiger partial charge >= 0.3 is 0 Å². The van der Waals surface area contributed by atoms with Crippen molar-refractivity contribution in [2.75, 3.05) is 13.2 Å². The molecule has 6 nitrogen and oxygen atoms in total. The fraction of sp³-hybridized carbons (Fsp3) is 0.143. The molecule has 3 N–H and O–H groups in total. The molecule has 0 radical (unpaired) electrons. The van der Waals surface area contributed by atoms with Crippen molar-refractivity contribution in [3.63, 3.8) is 0 Å². The van der Waals surface area contributed by atoms with E-state index in [1.807, 2.05) is 60.7 Å². The molecule has 8 heteroatoms. The highest BCUT2D eigenvalue weighted by Crippen LogP contribution is 2.28. The first kappa shape index (κ1) is 25.5. The maximum Gasteiger partial charge on any atom is 0.271 e. The molecule has 0 spiro atoms. The van der Waals surface area contributed by atoms with Crippen LogP contribution in [0.4, 0.5) is 0 Å². The summed E-state index contributed by atoms with van der Waals surface area (Å²) in [6.07, 6.45) is 1.58. The Morgan fingerprint density at radius 1 is 1.06 bits per heavy atom. The number of phenols is 1. The number of hydrogen-bond acceptors (Lipinski definition) is 5. The summed E-state index contributed by atoms with van der Waals surface area (Å²) in [5, 5.41) is 19.8. The van der Waals surface area contributed by atoms with Crippen LogP contribution in [0, 0.1) is 0 Å². The van der Waals surface area contributed by atoms with Gasteiger partial charge < -0.3 is 15.2 Å². The van der Waals surface area contributed by atoms with Gasteiger partial charge in [0.05, 0.1) is 11.2 Å². The van der Waals surface area contributed by atoms with Crippen molar-refractivity contribution in [2.24, 2.45) is 5.10 Å². The van der Waals surface area contributed by atoms with Crippen LogP contribution < -0.4 is 15.5 Å². The monoisotopic (exact) mass is 525 g/mol. The Balaban J connectivity index is 0.00000253. The van der Waals surface area contributed by atoms with Gasteiger partial charge in [-0.25, -0.2) is 5.43 Å².